The topological polar surface area (TPSA) is 69.6 Å². The third-order valence-corrected chi connectivity index (χ3v) is 5.19. The first-order chi connectivity index (χ1) is 14.2. The Morgan fingerprint density at radius 2 is 1.34 bits per heavy atom. The molecule has 3 N–H and O–H groups in total. The van der Waals surface area contributed by atoms with E-state index in [0.29, 0.717) is 6.42 Å². The van der Waals surface area contributed by atoms with Crippen molar-refractivity contribution in [3.8, 4) is 0 Å². The van der Waals surface area contributed by atoms with Crippen LogP contribution in [0.5, 0.6) is 0 Å². The summed E-state index contributed by atoms with van der Waals surface area (Å²) in [6, 6.07) is -0.627. The maximum atomic E-state index is 12.0. The summed E-state index contributed by atoms with van der Waals surface area (Å²) < 4.78 is 0. The number of allylic oxidation sites excluding steroid dienone is 3. The molecule has 0 aromatic heterocycles. The molecule has 0 fully saturated rings. The van der Waals surface area contributed by atoms with Crippen molar-refractivity contribution < 1.29 is 15.0 Å². The molecule has 0 aromatic carbocycles. The Labute approximate surface area is 179 Å². The standard InChI is InChI=1S/C25H47NO3/c1-3-5-7-9-11-12-13-15-16-18-20-24(28)23(22-27)26-25(29)21-19-17-14-10-8-6-4-2/h12-13,18,20,23-24,27-28H,3-11,14-17,19,21-22H2,1-2H3,(H,26,29)/b13-12+,20-18+. The second-order valence-corrected chi connectivity index (χ2v) is 8.04. The van der Waals surface area contributed by atoms with Gasteiger partial charge in [0.2, 0.25) is 5.91 Å². The number of unbranched alkanes of at least 4 members (excludes halogenated alkanes) is 11. The van der Waals surface area contributed by atoms with Gasteiger partial charge in [-0.15, -0.1) is 0 Å². The first-order valence-corrected chi connectivity index (χ1v) is 12.1. The Bertz CT molecular complexity index is 420. The molecule has 2 atom stereocenters. The van der Waals surface area contributed by atoms with E-state index in [0.717, 1.165) is 32.1 Å². The molecule has 2 unspecified atom stereocenters. The van der Waals surface area contributed by atoms with E-state index < -0.39 is 12.1 Å². The minimum atomic E-state index is -0.851. The van der Waals surface area contributed by atoms with E-state index in [2.05, 4.69) is 31.3 Å². The largest absolute Gasteiger partial charge is 0.394 e. The molecule has 0 radical (unpaired) electrons. The third kappa shape index (κ3) is 18.6. The fraction of sp³-hybridized carbons (Fsp3) is 0.800. The molecule has 170 valence electrons. The molecule has 0 spiro atoms. The van der Waals surface area contributed by atoms with Crippen LogP contribution >= 0.6 is 0 Å². The van der Waals surface area contributed by atoms with Gasteiger partial charge in [-0.2, -0.15) is 0 Å². The zero-order valence-corrected chi connectivity index (χ0v) is 19.1. The first kappa shape index (κ1) is 27.9. The molecular weight excluding hydrogens is 362 g/mol. The van der Waals surface area contributed by atoms with Crippen molar-refractivity contribution >= 4 is 5.91 Å². The number of hydrogen-bond acceptors (Lipinski definition) is 3. The van der Waals surface area contributed by atoms with Crippen LogP contribution in [0.25, 0.3) is 0 Å². The zero-order valence-electron chi connectivity index (χ0n) is 19.1. The maximum Gasteiger partial charge on any atom is 0.220 e. The van der Waals surface area contributed by atoms with Crippen molar-refractivity contribution in [1.29, 1.82) is 0 Å². The van der Waals surface area contributed by atoms with Crippen molar-refractivity contribution in [3.63, 3.8) is 0 Å². The smallest absolute Gasteiger partial charge is 0.220 e. The Kier molecular flexibility index (Phi) is 20.7. The van der Waals surface area contributed by atoms with Gasteiger partial charge in [0, 0.05) is 6.42 Å². The van der Waals surface area contributed by atoms with Crippen molar-refractivity contribution in [2.24, 2.45) is 0 Å². The van der Waals surface area contributed by atoms with Crippen molar-refractivity contribution in [2.45, 2.75) is 122 Å². The number of rotatable bonds is 20. The van der Waals surface area contributed by atoms with Crippen LogP contribution in [0, 0.1) is 0 Å². The summed E-state index contributed by atoms with van der Waals surface area (Å²) in [6.07, 6.45) is 23.9. The van der Waals surface area contributed by atoms with Crippen molar-refractivity contribution in [3.05, 3.63) is 24.3 Å². The molecule has 0 aliphatic heterocycles. The Morgan fingerprint density at radius 1 is 0.793 bits per heavy atom. The summed E-state index contributed by atoms with van der Waals surface area (Å²) in [5.74, 6) is -0.0870. The molecule has 0 rings (SSSR count). The molecule has 29 heavy (non-hydrogen) atoms. The van der Waals surface area contributed by atoms with Crippen LogP contribution in [0.1, 0.15) is 110 Å². The number of aliphatic hydroxyl groups is 2. The fourth-order valence-electron chi connectivity index (χ4n) is 3.25. The summed E-state index contributed by atoms with van der Waals surface area (Å²) >= 11 is 0. The SMILES string of the molecule is CCCCCC/C=C/CC/C=C/C(O)C(CO)NC(=O)CCCCCCCCC. The molecule has 0 aliphatic rings. The highest BCUT2D eigenvalue weighted by Crippen LogP contribution is 2.09. The highest BCUT2D eigenvalue weighted by atomic mass is 16.3. The number of carbonyl (C=O) groups excluding carboxylic acids is 1. The van der Waals surface area contributed by atoms with Gasteiger partial charge in [0.25, 0.3) is 0 Å². The molecule has 0 aliphatic carbocycles. The second kappa shape index (κ2) is 21.6. The lowest BCUT2D eigenvalue weighted by Crippen LogP contribution is -2.45. The van der Waals surface area contributed by atoms with E-state index in [1.165, 1.54) is 57.8 Å². The van der Waals surface area contributed by atoms with Gasteiger partial charge < -0.3 is 15.5 Å². The van der Waals surface area contributed by atoms with Gasteiger partial charge in [-0.05, 0) is 32.1 Å². The van der Waals surface area contributed by atoms with Gasteiger partial charge in [0.15, 0.2) is 0 Å². The quantitative estimate of drug-likeness (QED) is 0.175. The lowest BCUT2D eigenvalue weighted by Gasteiger charge is -2.19. The van der Waals surface area contributed by atoms with E-state index in [1.807, 2.05) is 6.08 Å². The molecule has 4 heteroatoms. The summed E-state index contributed by atoms with van der Waals surface area (Å²) in [5.41, 5.74) is 0. The molecule has 0 bridgehead atoms. The molecule has 0 saturated heterocycles. The summed E-state index contributed by atoms with van der Waals surface area (Å²) in [7, 11) is 0. The number of aliphatic hydroxyl groups excluding tert-OH is 2. The number of carbonyl (C=O) groups is 1. The van der Waals surface area contributed by atoms with Gasteiger partial charge in [-0.25, -0.2) is 0 Å². The van der Waals surface area contributed by atoms with Crippen LogP contribution in [-0.2, 0) is 4.79 Å². The van der Waals surface area contributed by atoms with E-state index in [1.54, 1.807) is 6.08 Å². The normalized spacial score (nSPS) is 13.9. The van der Waals surface area contributed by atoms with Gasteiger partial charge in [-0.1, -0.05) is 95.9 Å². The van der Waals surface area contributed by atoms with Crippen LogP contribution in [0.2, 0.25) is 0 Å². The van der Waals surface area contributed by atoms with Crippen LogP contribution in [0.3, 0.4) is 0 Å². The summed E-state index contributed by atoms with van der Waals surface area (Å²) in [4.78, 5) is 12.0. The van der Waals surface area contributed by atoms with E-state index >= 15 is 0 Å². The molecule has 1 amide bonds. The summed E-state index contributed by atoms with van der Waals surface area (Å²) in [6.45, 7) is 4.17. The second-order valence-electron chi connectivity index (χ2n) is 8.04. The van der Waals surface area contributed by atoms with Crippen LogP contribution in [-0.4, -0.2) is 34.9 Å². The Balaban J connectivity index is 3.86. The maximum absolute atomic E-state index is 12.0. The average molecular weight is 410 g/mol. The number of amides is 1. The van der Waals surface area contributed by atoms with Crippen molar-refractivity contribution in [1.82, 2.24) is 5.32 Å². The Hall–Kier alpha value is -1.13. The van der Waals surface area contributed by atoms with E-state index in [9.17, 15) is 15.0 Å². The first-order valence-electron chi connectivity index (χ1n) is 12.1. The molecule has 0 saturated carbocycles. The van der Waals surface area contributed by atoms with Crippen LogP contribution in [0.15, 0.2) is 24.3 Å². The van der Waals surface area contributed by atoms with Crippen molar-refractivity contribution in [2.75, 3.05) is 6.61 Å². The summed E-state index contributed by atoms with van der Waals surface area (Å²) in [5, 5.41) is 22.4. The predicted octanol–water partition coefficient (Wildman–Crippen LogP) is 5.83. The highest BCUT2D eigenvalue weighted by Gasteiger charge is 2.17. The van der Waals surface area contributed by atoms with Gasteiger partial charge >= 0.3 is 0 Å². The monoisotopic (exact) mass is 409 g/mol. The van der Waals surface area contributed by atoms with Gasteiger partial charge in [0.1, 0.15) is 0 Å². The fourth-order valence-corrected chi connectivity index (χ4v) is 3.25. The third-order valence-electron chi connectivity index (χ3n) is 5.19. The lowest BCUT2D eigenvalue weighted by atomic mass is 10.1. The average Bonchev–Trinajstić information content (AvgIpc) is 2.72. The molecule has 0 aromatic rings. The number of hydrogen-bond donors (Lipinski definition) is 3. The van der Waals surface area contributed by atoms with Crippen LogP contribution in [0.4, 0.5) is 0 Å². The minimum Gasteiger partial charge on any atom is -0.394 e. The van der Waals surface area contributed by atoms with E-state index in [4.69, 9.17) is 0 Å². The number of nitrogens with one attached hydrogen (secondary N) is 1. The molecular formula is C25H47NO3. The van der Waals surface area contributed by atoms with E-state index in [-0.39, 0.29) is 12.5 Å². The highest BCUT2D eigenvalue weighted by molar-refractivity contribution is 5.76. The lowest BCUT2D eigenvalue weighted by molar-refractivity contribution is -0.123. The van der Waals surface area contributed by atoms with Gasteiger partial charge in [-0.3, -0.25) is 4.79 Å². The minimum absolute atomic E-state index is 0.0870. The van der Waals surface area contributed by atoms with Crippen LogP contribution < -0.4 is 5.32 Å². The molecule has 0 heterocycles. The molecule has 4 nitrogen and oxygen atoms in total. The Morgan fingerprint density at radius 3 is 2.00 bits per heavy atom. The zero-order chi connectivity index (χ0) is 21.6. The van der Waals surface area contributed by atoms with Gasteiger partial charge in [0.05, 0.1) is 18.8 Å². The predicted molar refractivity (Wildman–Crippen MR) is 124 cm³/mol.